The molecule has 0 amide bonds. The fraction of sp³-hybridized carbons (Fsp3) is 0.357. The van der Waals surface area contributed by atoms with E-state index < -0.39 is 0 Å². The van der Waals surface area contributed by atoms with E-state index in [9.17, 15) is 5.11 Å². The lowest BCUT2D eigenvalue weighted by molar-refractivity contribution is 0.471. The normalized spacial score (nSPS) is 12.6. The highest BCUT2D eigenvalue weighted by atomic mass is 79.9. The Hall–Kier alpha value is -0.910. The fourth-order valence-electron chi connectivity index (χ4n) is 1.70. The molecule has 0 radical (unpaired) electrons. The van der Waals surface area contributed by atoms with E-state index in [1.807, 2.05) is 18.3 Å². The summed E-state index contributed by atoms with van der Waals surface area (Å²) >= 11 is 5.08. The first-order chi connectivity index (χ1) is 9.10. The van der Waals surface area contributed by atoms with E-state index in [0.717, 1.165) is 28.0 Å². The van der Waals surface area contributed by atoms with Crippen molar-refractivity contribution in [3.8, 4) is 5.75 Å². The molecule has 1 heterocycles. The third-order valence-corrected chi connectivity index (χ3v) is 4.87. The minimum absolute atomic E-state index is 0.234. The molecule has 1 atom stereocenters. The Morgan fingerprint density at radius 1 is 1.47 bits per heavy atom. The summed E-state index contributed by atoms with van der Waals surface area (Å²) in [6.45, 7) is 5.01. The summed E-state index contributed by atoms with van der Waals surface area (Å²) in [7, 11) is 0. The highest BCUT2D eigenvalue weighted by Gasteiger charge is 2.09. The van der Waals surface area contributed by atoms with Gasteiger partial charge in [-0.3, -0.25) is 0 Å². The highest BCUT2D eigenvalue weighted by Crippen LogP contribution is 2.25. The van der Waals surface area contributed by atoms with E-state index in [1.165, 1.54) is 4.88 Å². The van der Waals surface area contributed by atoms with Gasteiger partial charge in [-0.2, -0.15) is 0 Å². The molecule has 0 aliphatic rings. The first kappa shape index (κ1) is 14.5. The predicted molar refractivity (Wildman–Crippen MR) is 82.6 cm³/mol. The van der Waals surface area contributed by atoms with E-state index in [4.69, 9.17) is 0 Å². The third kappa shape index (κ3) is 3.78. The smallest absolute Gasteiger partial charge is 0.129 e. The maximum absolute atomic E-state index is 9.45. The Balaban J connectivity index is 1.95. The van der Waals surface area contributed by atoms with Gasteiger partial charge in [-0.25, -0.2) is 4.98 Å². The molecule has 19 heavy (non-hydrogen) atoms. The van der Waals surface area contributed by atoms with Crippen molar-refractivity contribution in [3.05, 3.63) is 44.3 Å². The van der Waals surface area contributed by atoms with Gasteiger partial charge in [0.2, 0.25) is 0 Å². The van der Waals surface area contributed by atoms with Gasteiger partial charge in [0.15, 0.2) is 0 Å². The molecule has 2 aromatic rings. The van der Waals surface area contributed by atoms with Crippen LogP contribution in [0.15, 0.2) is 28.9 Å². The molecule has 0 saturated heterocycles. The Morgan fingerprint density at radius 2 is 2.26 bits per heavy atom. The molecule has 0 aliphatic carbocycles. The monoisotopic (exact) mass is 340 g/mol. The minimum Gasteiger partial charge on any atom is -0.507 e. The topological polar surface area (TPSA) is 45.2 Å². The average Bonchev–Trinajstić information content (AvgIpc) is 2.88. The van der Waals surface area contributed by atoms with Crippen LogP contribution in [-0.4, -0.2) is 10.1 Å². The first-order valence-electron chi connectivity index (χ1n) is 6.25. The van der Waals surface area contributed by atoms with Crippen molar-refractivity contribution in [1.29, 1.82) is 0 Å². The van der Waals surface area contributed by atoms with Crippen LogP contribution < -0.4 is 5.32 Å². The van der Waals surface area contributed by atoms with Gasteiger partial charge in [0.05, 0.1) is 10.5 Å². The van der Waals surface area contributed by atoms with Gasteiger partial charge in [-0.05, 0) is 47.0 Å². The maximum Gasteiger partial charge on any atom is 0.129 e. The number of nitrogens with zero attached hydrogens (tertiary/aromatic N) is 1. The van der Waals surface area contributed by atoms with Crippen LogP contribution in [0.1, 0.15) is 35.3 Å². The van der Waals surface area contributed by atoms with E-state index in [1.54, 1.807) is 17.4 Å². The van der Waals surface area contributed by atoms with Gasteiger partial charge in [-0.15, -0.1) is 11.3 Å². The summed E-state index contributed by atoms with van der Waals surface area (Å²) in [5, 5.41) is 14.0. The molecule has 102 valence electrons. The number of thiazole rings is 1. The van der Waals surface area contributed by atoms with Crippen molar-refractivity contribution >= 4 is 27.3 Å². The zero-order chi connectivity index (χ0) is 13.8. The summed E-state index contributed by atoms with van der Waals surface area (Å²) in [4.78, 5) is 5.75. The Kier molecular flexibility index (Phi) is 4.96. The third-order valence-electron chi connectivity index (χ3n) is 2.91. The number of hydrogen-bond donors (Lipinski definition) is 2. The van der Waals surface area contributed by atoms with Crippen LogP contribution in [0, 0.1) is 0 Å². The number of phenols is 1. The van der Waals surface area contributed by atoms with E-state index in [0.29, 0.717) is 0 Å². The fourth-order valence-corrected chi connectivity index (χ4v) is 3.01. The molecular weight excluding hydrogens is 324 g/mol. The quantitative estimate of drug-likeness (QED) is 0.863. The zero-order valence-electron chi connectivity index (χ0n) is 11.0. The molecule has 0 bridgehead atoms. The molecule has 1 aromatic carbocycles. The standard InChI is InChI=1S/C14H17BrN2OS/c1-3-11-8-17-14(19-11)9(2)16-7-10-4-5-13(18)12(15)6-10/h4-6,8-9,16,18H,3,7H2,1-2H3. The average molecular weight is 341 g/mol. The van der Waals surface area contributed by atoms with E-state index in [-0.39, 0.29) is 11.8 Å². The van der Waals surface area contributed by atoms with Crippen LogP contribution in [0.3, 0.4) is 0 Å². The maximum atomic E-state index is 9.45. The molecule has 1 aromatic heterocycles. The number of nitrogens with one attached hydrogen (secondary N) is 1. The molecule has 0 saturated carbocycles. The van der Waals surface area contributed by atoms with Gasteiger partial charge in [0.1, 0.15) is 10.8 Å². The van der Waals surface area contributed by atoms with Crippen LogP contribution in [-0.2, 0) is 13.0 Å². The summed E-state index contributed by atoms with van der Waals surface area (Å²) in [6.07, 6.45) is 2.99. The molecule has 0 spiro atoms. The van der Waals surface area contributed by atoms with Gasteiger partial charge in [-0.1, -0.05) is 13.0 Å². The number of halogens is 1. The van der Waals surface area contributed by atoms with Crippen molar-refractivity contribution < 1.29 is 5.11 Å². The molecule has 0 aliphatic heterocycles. The second-order valence-electron chi connectivity index (χ2n) is 4.41. The highest BCUT2D eigenvalue weighted by molar-refractivity contribution is 9.10. The van der Waals surface area contributed by atoms with Crippen molar-refractivity contribution in [2.45, 2.75) is 32.9 Å². The summed E-state index contributed by atoms with van der Waals surface area (Å²) < 4.78 is 0.724. The minimum atomic E-state index is 0.234. The van der Waals surface area contributed by atoms with Gasteiger partial charge in [0.25, 0.3) is 0 Å². The van der Waals surface area contributed by atoms with Crippen LogP contribution in [0.2, 0.25) is 0 Å². The molecule has 5 heteroatoms. The molecule has 0 fully saturated rings. The second kappa shape index (κ2) is 6.50. The largest absolute Gasteiger partial charge is 0.507 e. The number of rotatable bonds is 5. The summed E-state index contributed by atoms with van der Waals surface area (Å²) in [5.41, 5.74) is 1.13. The predicted octanol–water partition coefficient (Wildman–Crippen LogP) is 4.02. The molecule has 2 rings (SSSR count). The number of aryl methyl sites for hydroxylation is 1. The Labute approximate surface area is 125 Å². The Morgan fingerprint density at radius 3 is 2.89 bits per heavy atom. The van der Waals surface area contributed by atoms with Gasteiger partial charge in [0, 0.05) is 17.6 Å². The number of benzene rings is 1. The number of phenolic OH excluding ortho intramolecular Hbond substituents is 1. The van der Waals surface area contributed by atoms with E-state index >= 15 is 0 Å². The second-order valence-corrected chi connectivity index (χ2v) is 6.41. The van der Waals surface area contributed by atoms with Gasteiger partial charge >= 0.3 is 0 Å². The van der Waals surface area contributed by atoms with Gasteiger partial charge < -0.3 is 10.4 Å². The van der Waals surface area contributed by atoms with Crippen LogP contribution in [0.5, 0.6) is 5.75 Å². The molecule has 3 nitrogen and oxygen atoms in total. The SMILES string of the molecule is CCc1cnc(C(C)NCc2ccc(O)c(Br)c2)s1. The van der Waals surface area contributed by atoms with Crippen molar-refractivity contribution in [2.75, 3.05) is 0 Å². The lowest BCUT2D eigenvalue weighted by Crippen LogP contribution is -2.17. The number of aromatic hydroxyl groups is 1. The molecule has 2 N–H and O–H groups in total. The Bertz CT molecular complexity index is 556. The lowest BCUT2D eigenvalue weighted by Gasteiger charge is -2.11. The van der Waals surface area contributed by atoms with Crippen LogP contribution in [0.25, 0.3) is 0 Å². The molecular formula is C14H17BrN2OS. The first-order valence-corrected chi connectivity index (χ1v) is 7.86. The summed E-state index contributed by atoms with van der Waals surface area (Å²) in [6, 6.07) is 5.77. The van der Waals surface area contributed by atoms with Crippen molar-refractivity contribution in [3.63, 3.8) is 0 Å². The van der Waals surface area contributed by atoms with Crippen LogP contribution >= 0.6 is 27.3 Å². The lowest BCUT2D eigenvalue weighted by atomic mass is 10.2. The van der Waals surface area contributed by atoms with E-state index in [2.05, 4.69) is 40.1 Å². The summed E-state index contributed by atoms with van der Waals surface area (Å²) in [5.74, 6) is 0.268. The molecule has 1 unspecified atom stereocenters. The van der Waals surface area contributed by atoms with Crippen molar-refractivity contribution in [1.82, 2.24) is 10.3 Å². The zero-order valence-corrected chi connectivity index (χ0v) is 13.4. The number of aromatic nitrogens is 1. The van der Waals surface area contributed by atoms with Crippen molar-refractivity contribution in [2.24, 2.45) is 0 Å². The number of hydrogen-bond acceptors (Lipinski definition) is 4. The van der Waals surface area contributed by atoms with Crippen LogP contribution in [0.4, 0.5) is 0 Å².